The molecule has 0 aromatic heterocycles. The largest absolute Gasteiger partial charge is 0.497 e. The van der Waals surface area contributed by atoms with Gasteiger partial charge in [0.15, 0.2) is 0 Å². The molecule has 184 valence electrons. The molecule has 35 heavy (non-hydrogen) atoms. The summed E-state index contributed by atoms with van der Waals surface area (Å²) in [6.45, 7) is 6.97. The van der Waals surface area contributed by atoms with E-state index in [4.69, 9.17) is 4.74 Å². The smallest absolute Gasteiger partial charge is 0.243 e. The maximum atomic E-state index is 13.8. The maximum absolute atomic E-state index is 13.8. The fourth-order valence-corrected chi connectivity index (χ4v) is 4.33. The second kappa shape index (κ2) is 12.7. The molecule has 2 amide bonds. The molecule has 1 unspecified atom stereocenters. The fraction of sp³-hybridized carbons (Fsp3) is 0.333. The minimum absolute atomic E-state index is 0.0783. The lowest BCUT2D eigenvalue weighted by Gasteiger charge is -2.32. The number of hydrogen-bond donors (Lipinski definition) is 1. The van der Waals surface area contributed by atoms with E-state index in [0.29, 0.717) is 19.5 Å². The van der Waals surface area contributed by atoms with E-state index in [1.165, 1.54) is 0 Å². The second-order valence-electron chi connectivity index (χ2n) is 9.04. The summed E-state index contributed by atoms with van der Waals surface area (Å²) < 4.78 is 5.39. The normalized spacial score (nSPS) is 11.5. The molecule has 3 aromatic carbocycles. The van der Waals surface area contributed by atoms with Gasteiger partial charge in [0, 0.05) is 19.5 Å². The SMILES string of the molecule is CCCNC(=O)C(Cc1ccccc1)N(Cc1cccc(OC)c1)C(=O)Cc1cc(C)cc(C)c1. The van der Waals surface area contributed by atoms with Crippen molar-refractivity contribution >= 4 is 11.8 Å². The quantitative estimate of drug-likeness (QED) is 0.426. The van der Waals surface area contributed by atoms with Crippen molar-refractivity contribution < 1.29 is 14.3 Å². The third-order valence-corrected chi connectivity index (χ3v) is 5.94. The first-order chi connectivity index (χ1) is 16.9. The Morgan fingerprint density at radius 1 is 0.886 bits per heavy atom. The maximum Gasteiger partial charge on any atom is 0.243 e. The van der Waals surface area contributed by atoms with Crippen molar-refractivity contribution in [3.8, 4) is 5.75 Å². The molecule has 0 spiro atoms. The average Bonchev–Trinajstić information content (AvgIpc) is 2.84. The van der Waals surface area contributed by atoms with E-state index in [0.717, 1.165) is 40.0 Å². The Labute approximate surface area is 209 Å². The molecule has 0 aliphatic carbocycles. The van der Waals surface area contributed by atoms with Gasteiger partial charge < -0.3 is 15.0 Å². The highest BCUT2D eigenvalue weighted by molar-refractivity contribution is 5.88. The summed E-state index contributed by atoms with van der Waals surface area (Å²) in [4.78, 5) is 28.9. The summed E-state index contributed by atoms with van der Waals surface area (Å²) in [5.74, 6) is 0.511. The van der Waals surface area contributed by atoms with Crippen LogP contribution in [0.15, 0.2) is 72.8 Å². The van der Waals surface area contributed by atoms with Crippen molar-refractivity contribution in [1.82, 2.24) is 10.2 Å². The molecule has 0 aliphatic rings. The molecule has 3 rings (SSSR count). The van der Waals surface area contributed by atoms with Crippen LogP contribution in [-0.2, 0) is 29.0 Å². The number of benzene rings is 3. The molecule has 1 atom stereocenters. The average molecular weight is 473 g/mol. The van der Waals surface area contributed by atoms with Crippen molar-refractivity contribution in [3.05, 3.63) is 101 Å². The van der Waals surface area contributed by atoms with Gasteiger partial charge in [-0.1, -0.05) is 78.7 Å². The fourth-order valence-electron chi connectivity index (χ4n) is 4.33. The van der Waals surface area contributed by atoms with E-state index in [-0.39, 0.29) is 18.2 Å². The number of amides is 2. The van der Waals surface area contributed by atoms with Crippen LogP contribution in [0.1, 0.15) is 41.2 Å². The third kappa shape index (κ3) is 7.71. The van der Waals surface area contributed by atoms with Crippen LogP contribution in [-0.4, -0.2) is 36.4 Å². The van der Waals surface area contributed by atoms with Crippen LogP contribution in [0, 0.1) is 13.8 Å². The first-order valence-corrected chi connectivity index (χ1v) is 12.2. The highest BCUT2D eigenvalue weighted by Gasteiger charge is 2.30. The molecule has 3 aromatic rings. The summed E-state index contributed by atoms with van der Waals surface area (Å²) in [6.07, 6.45) is 1.51. The molecule has 0 bridgehead atoms. The van der Waals surface area contributed by atoms with E-state index < -0.39 is 6.04 Å². The Morgan fingerprint density at radius 2 is 1.57 bits per heavy atom. The molecular formula is C30H36N2O3. The van der Waals surface area contributed by atoms with Gasteiger partial charge >= 0.3 is 0 Å². The van der Waals surface area contributed by atoms with Crippen LogP contribution < -0.4 is 10.1 Å². The third-order valence-electron chi connectivity index (χ3n) is 5.94. The van der Waals surface area contributed by atoms with Crippen LogP contribution in [0.5, 0.6) is 5.75 Å². The van der Waals surface area contributed by atoms with Gasteiger partial charge in [0.2, 0.25) is 11.8 Å². The van der Waals surface area contributed by atoms with Crippen LogP contribution in [0.3, 0.4) is 0 Å². The Kier molecular flexibility index (Phi) is 9.47. The molecule has 0 aliphatic heterocycles. The second-order valence-corrected chi connectivity index (χ2v) is 9.04. The van der Waals surface area contributed by atoms with Gasteiger partial charge in [-0.2, -0.15) is 0 Å². The lowest BCUT2D eigenvalue weighted by molar-refractivity contribution is -0.140. The monoisotopic (exact) mass is 472 g/mol. The Balaban J connectivity index is 1.98. The molecule has 0 fully saturated rings. The topological polar surface area (TPSA) is 58.6 Å². The lowest BCUT2D eigenvalue weighted by Crippen LogP contribution is -2.51. The van der Waals surface area contributed by atoms with Gasteiger partial charge in [-0.25, -0.2) is 0 Å². The summed E-state index contributed by atoms with van der Waals surface area (Å²) in [6, 6.07) is 23.1. The number of nitrogens with one attached hydrogen (secondary N) is 1. The number of aryl methyl sites for hydroxylation is 2. The molecule has 5 nitrogen and oxygen atoms in total. The predicted octanol–water partition coefficient (Wildman–Crippen LogP) is 5.02. The molecule has 0 saturated carbocycles. The highest BCUT2D eigenvalue weighted by Crippen LogP contribution is 2.20. The zero-order valence-electron chi connectivity index (χ0n) is 21.2. The zero-order chi connectivity index (χ0) is 25.2. The van der Waals surface area contributed by atoms with Crippen LogP contribution in [0.2, 0.25) is 0 Å². The van der Waals surface area contributed by atoms with Crippen LogP contribution in [0.25, 0.3) is 0 Å². The van der Waals surface area contributed by atoms with E-state index >= 15 is 0 Å². The standard InChI is InChI=1S/C30H36N2O3/c1-5-14-31-30(34)28(19-24-10-7-6-8-11-24)32(21-25-12-9-13-27(18-25)35-4)29(33)20-26-16-22(2)15-23(3)17-26/h6-13,15-18,28H,5,14,19-21H2,1-4H3,(H,31,34). The lowest BCUT2D eigenvalue weighted by atomic mass is 10.00. The molecule has 0 radical (unpaired) electrons. The molecule has 1 N–H and O–H groups in total. The summed E-state index contributed by atoms with van der Waals surface area (Å²) >= 11 is 0. The Hall–Kier alpha value is -3.60. The molecule has 0 heterocycles. The van der Waals surface area contributed by atoms with Gasteiger partial charge in [0.05, 0.1) is 13.5 Å². The first kappa shape index (κ1) is 26.0. The minimum Gasteiger partial charge on any atom is -0.497 e. The summed E-state index contributed by atoms with van der Waals surface area (Å²) in [5, 5.41) is 3.02. The number of carbonyl (C=O) groups excluding carboxylic acids is 2. The first-order valence-electron chi connectivity index (χ1n) is 12.2. The number of carbonyl (C=O) groups is 2. The van der Waals surface area contributed by atoms with Crippen molar-refractivity contribution in [2.75, 3.05) is 13.7 Å². The van der Waals surface area contributed by atoms with Crippen molar-refractivity contribution in [1.29, 1.82) is 0 Å². The van der Waals surface area contributed by atoms with Crippen LogP contribution >= 0.6 is 0 Å². The molecule has 5 heteroatoms. The number of methoxy groups -OCH3 is 1. The van der Waals surface area contributed by atoms with Gasteiger partial charge in [-0.15, -0.1) is 0 Å². The van der Waals surface area contributed by atoms with E-state index in [9.17, 15) is 9.59 Å². The summed E-state index contributed by atoms with van der Waals surface area (Å²) in [7, 11) is 1.62. The summed E-state index contributed by atoms with van der Waals surface area (Å²) in [5.41, 5.74) is 5.12. The van der Waals surface area contributed by atoms with E-state index in [1.54, 1.807) is 12.0 Å². The van der Waals surface area contributed by atoms with E-state index in [2.05, 4.69) is 11.4 Å². The Morgan fingerprint density at radius 3 is 2.23 bits per heavy atom. The van der Waals surface area contributed by atoms with Gasteiger partial charge in [-0.05, 0) is 49.1 Å². The number of hydrogen-bond acceptors (Lipinski definition) is 3. The predicted molar refractivity (Wildman–Crippen MR) is 140 cm³/mol. The minimum atomic E-state index is -0.631. The highest BCUT2D eigenvalue weighted by atomic mass is 16.5. The van der Waals surface area contributed by atoms with Crippen molar-refractivity contribution in [3.63, 3.8) is 0 Å². The Bertz CT molecular complexity index is 1110. The van der Waals surface area contributed by atoms with Gasteiger partial charge in [-0.3, -0.25) is 9.59 Å². The van der Waals surface area contributed by atoms with Gasteiger partial charge in [0.1, 0.15) is 11.8 Å². The van der Waals surface area contributed by atoms with Crippen molar-refractivity contribution in [2.45, 2.75) is 52.6 Å². The molecule has 0 saturated heterocycles. The van der Waals surface area contributed by atoms with E-state index in [1.807, 2.05) is 87.5 Å². The van der Waals surface area contributed by atoms with Crippen molar-refractivity contribution in [2.24, 2.45) is 0 Å². The number of nitrogens with zero attached hydrogens (tertiary/aromatic N) is 1. The number of rotatable bonds is 11. The zero-order valence-corrected chi connectivity index (χ0v) is 21.2. The molecular weight excluding hydrogens is 436 g/mol. The number of ether oxygens (including phenoxy) is 1. The van der Waals surface area contributed by atoms with Crippen LogP contribution in [0.4, 0.5) is 0 Å². The van der Waals surface area contributed by atoms with Gasteiger partial charge in [0.25, 0.3) is 0 Å².